The number of Topliss-reactive ketones (excluding diaryl/α,β-unsaturated/α-hetero) is 2. The highest BCUT2D eigenvalue weighted by Crippen LogP contribution is 2.18. The van der Waals surface area contributed by atoms with E-state index in [1.165, 1.54) is 0 Å². The molecule has 0 aromatic carbocycles. The van der Waals surface area contributed by atoms with Crippen LogP contribution in [-0.2, 0) is 23.0 Å². The summed E-state index contributed by atoms with van der Waals surface area (Å²) in [6.45, 7) is 2.57. The molecule has 1 unspecified atom stereocenters. The van der Waals surface area contributed by atoms with Gasteiger partial charge < -0.3 is 4.74 Å². The molecule has 1 aromatic heterocycles. The van der Waals surface area contributed by atoms with Gasteiger partial charge in [0, 0.05) is 19.7 Å². The molecule has 5 heteroatoms. The highest BCUT2D eigenvalue weighted by Gasteiger charge is 2.32. The number of hydrogen-bond donors (Lipinski definition) is 0. The average molecular weight is 236 g/mol. The van der Waals surface area contributed by atoms with E-state index in [2.05, 4.69) is 5.10 Å². The topological polar surface area (TPSA) is 61.2 Å². The zero-order valence-corrected chi connectivity index (χ0v) is 10.1. The smallest absolute Gasteiger partial charge is 0.179 e. The molecule has 0 spiro atoms. The van der Waals surface area contributed by atoms with Crippen molar-refractivity contribution in [3.8, 4) is 0 Å². The van der Waals surface area contributed by atoms with Crippen LogP contribution in [0.5, 0.6) is 0 Å². The van der Waals surface area contributed by atoms with Gasteiger partial charge in [0.15, 0.2) is 5.78 Å². The zero-order chi connectivity index (χ0) is 12.4. The van der Waals surface area contributed by atoms with Crippen LogP contribution in [0.1, 0.15) is 29.4 Å². The van der Waals surface area contributed by atoms with Gasteiger partial charge in [0.05, 0.1) is 24.5 Å². The highest BCUT2D eigenvalue weighted by molar-refractivity contribution is 6.11. The van der Waals surface area contributed by atoms with Crippen LogP contribution in [0.2, 0.25) is 0 Å². The molecule has 1 aromatic rings. The fourth-order valence-corrected chi connectivity index (χ4v) is 2.05. The van der Waals surface area contributed by atoms with Crippen molar-refractivity contribution in [1.82, 2.24) is 9.78 Å². The summed E-state index contributed by atoms with van der Waals surface area (Å²) < 4.78 is 6.82. The van der Waals surface area contributed by atoms with Gasteiger partial charge in [-0.1, -0.05) is 6.92 Å². The fraction of sp³-hybridized carbons (Fsp3) is 0.583. The maximum Gasteiger partial charge on any atom is 0.179 e. The summed E-state index contributed by atoms with van der Waals surface area (Å²) in [4.78, 5) is 23.9. The number of aryl methyl sites for hydroxylation is 2. The van der Waals surface area contributed by atoms with E-state index in [9.17, 15) is 9.59 Å². The maximum absolute atomic E-state index is 12.2. The molecule has 1 aliphatic rings. The lowest BCUT2D eigenvalue weighted by Crippen LogP contribution is -2.34. The number of aromatic nitrogens is 2. The Balaban J connectivity index is 2.26. The minimum atomic E-state index is -0.641. The van der Waals surface area contributed by atoms with Gasteiger partial charge in [-0.3, -0.25) is 14.3 Å². The zero-order valence-electron chi connectivity index (χ0n) is 10.1. The van der Waals surface area contributed by atoms with E-state index in [0.29, 0.717) is 25.0 Å². The van der Waals surface area contributed by atoms with Crippen LogP contribution >= 0.6 is 0 Å². The van der Waals surface area contributed by atoms with Crippen molar-refractivity contribution in [3.63, 3.8) is 0 Å². The Bertz CT molecular complexity index is 451. The van der Waals surface area contributed by atoms with Crippen molar-refractivity contribution < 1.29 is 14.3 Å². The molecule has 2 rings (SSSR count). The number of carbonyl (C=O) groups excluding carboxylic acids is 2. The van der Waals surface area contributed by atoms with Crippen LogP contribution in [0.4, 0.5) is 0 Å². The molecule has 5 nitrogen and oxygen atoms in total. The van der Waals surface area contributed by atoms with Gasteiger partial charge >= 0.3 is 0 Å². The van der Waals surface area contributed by atoms with E-state index in [4.69, 9.17) is 4.74 Å². The molecule has 1 saturated heterocycles. The standard InChI is InChI=1S/C12H16N2O3/c1-3-10-8(6-14(2)13-10)12(16)9-7-17-5-4-11(9)15/h6,9H,3-5,7H2,1-2H3. The summed E-state index contributed by atoms with van der Waals surface area (Å²) >= 11 is 0. The number of ether oxygens (including phenoxy) is 1. The molecule has 1 atom stereocenters. The molecule has 17 heavy (non-hydrogen) atoms. The van der Waals surface area contributed by atoms with E-state index < -0.39 is 5.92 Å². The first-order valence-corrected chi connectivity index (χ1v) is 5.80. The van der Waals surface area contributed by atoms with Gasteiger partial charge in [-0.15, -0.1) is 0 Å². The first-order chi connectivity index (χ1) is 8.13. The van der Waals surface area contributed by atoms with Crippen molar-refractivity contribution in [3.05, 3.63) is 17.5 Å². The summed E-state index contributed by atoms with van der Waals surface area (Å²) in [5.41, 5.74) is 1.30. The van der Waals surface area contributed by atoms with E-state index in [1.807, 2.05) is 6.92 Å². The second-order valence-electron chi connectivity index (χ2n) is 4.22. The minimum Gasteiger partial charge on any atom is -0.380 e. The third-order valence-electron chi connectivity index (χ3n) is 2.99. The SMILES string of the molecule is CCc1nn(C)cc1C(=O)C1COCCC1=O. The molecule has 2 heterocycles. The van der Waals surface area contributed by atoms with Gasteiger partial charge in [-0.25, -0.2) is 0 Å². The van der Waals surface area contributed by atoms with Gasteiger partial charge in [0.25, 0.3) is 0 Å². The molecular formula is C12H16N2O3. The summed E-state index contributed by atoms with van der Waals surface area (Å²) in [6.07, 6.45) is 2.70. The largest absolute Gasteiger partial charge is 0.380 e. The van der Waals surface area contributed by atoms with E-state index in [0.717, 1.165) is 5.69 Å². The second-order valence-corrected chi connectivity index (χ2v) is 4.22. The Hall–Kier alpha value is -1.49. The summed E-state index contributed by atoms with van der Waals surface area (Å²) in [5.74, 6) is -0.815. The summed E-state index contributed by atoms with van der Waals surface area (Å²) in [6, 6.07) is 0. The lowest BCUT2D eigenvalue weighted by molar-refractivity contribution is -0.128. The third-order valence-corrected chi connectivity index (χ3v) is 2.99. The van der Waals surface area contributed by atoms with Gasteiger partial charge in [0.2, 0.25) is 0 Å². The minimum absolute atomic E-state index is 0.0212. The Labute approximate surface area is 99.8 Å². The Morgan fingerprint density at radius 2 is 2.41 bits per heavy atom. The lowest BCUT2D eigenvalue weighted by atomic mass is 9.91. The van der Waals surface area contributed by atoms with Gasteiger partial charge in [-0.05, 0) is 6.42 Å². The molecular weight excluding hydrogens is 220 g/mol. The number of nitrogens with zero attached hydrogens (tertiary/aromatic N) is 2. The Morgan fingerprint density at radius 3 is 3.06 bits per heavy atom. The van der Waals surface area contributed by atoms with Crippen LogP contribution in [-0.4, -0.2) is 34.6 Å². The number of rotatable bonds is 3. The van der Waals surface area contributed by atoms with Crippen LogP contribution in [0, 0.1) is 5.92 Å². The van der Waals surface area contributed by atoms with E-state index >= 15 is 0 Å². The highest BCUT2D eigenvalue weighted by atomic mass is 16.5. The fourth-order valence-electron chi connectivity index (χ4n) is 2.05. The lowest BCUT2D eigenvalue weighted by Gasteiger charge is -2.19. The van der Waals surface area contributed by atoms with Crippen LogP contribution < -0.4 is 0 Å². The van der Waals surface area contributed by atoms with Crippen molar-refractivity contribution in [2.24, 2.45) is 13.0 Å². The summed E-state index contributed by atoms with van der Waals surface area (Å²) in [5, 5.41) is 4.21. The molecule has 0 bridgehead atoms. The van der Waals surface area contributed by atoms with Crippen molar-refractivity contribution in [1.29, 1.82) is 0 Å². The normalized spacial score (nSPS) is 20.6. The number of hydrogen-bond acceptors (Lipinski definition) is 4. The number of ketones is 2. The quantitative estimate of drug-likeness (QED) is 0.574. The first-order valence-electron chi connectivity index (χ1n) is 5.80. The maximum atomic E-state index is 12.2. The summed E-state index contributed by atoms with van der Waals surface area (Å²) in [7, 11) is 1.77. The predicted molar refractivity (Wildman–Crippen MR) is 60.8 cm³/mol. The molecule has 0 N–H and O–H groups in total. The Morgan fingerprint density at radius 1 is 1.65 bits per heavy atom. The van der Waals surface area contributed by atoms with Crippen molar-refractivity contribution in [2.45, 2.75) is 19.8 Å². The first kappa shape index (κ1) is 12.0. The van der Waals surface area contributed by atoms with Crippen LogP contribution in [0.15, 0.2) is 6.20 Å². The predicted octanol–water partition coefficient (Wildman–Crippen LogP) is 0.771. The molecule has 0 radical (unpaired) electrons. The second kappa shape index (κ2) is 4.79. The Kier molecular flexibility index (Phi) is 3.38. The average Bonchev–Trinajstić information content (AvgIpc) is 2.70. The monoisotopic (exact) mass is 236 g/mol. The van der Waals surface area contributed by atoms with Crippen LogP contribution in [0.25, 0.3) is 0 Å². The molecule has 0 amide bonds. The van der Waals surface area contributed by atoms with Crippen molar-refractivity contribution >= 4 is 11.6 Å². The van der Waals surface area contributed by atoms with Gasteiger partial charge in [-0.2, -0.15) is 5.10 Å². The number of carbonyl (C=O) groups is 2. The van der Waals surface area contributed by atoms with E-state index in [-0.39, 0.29) is 18.2 Å². The molecule has 0 saturated carbocycles. The molecule has 92 valence electrons. The van der Waals surface area contributed by atoms with Crippen LogP contribution in [0.3, 0.4) is 0 Å². The van der Waals surface area contributed by atoms with E-state index in [1.54, 1.807) is 17.9 Å². The molecule has 1 fully saturated rings. The van der Waals surface area contributed by atoms with Gasteiger partial charge in [0.1, 0.15) is 11.7 Å². The van der Waals surface area contributed by atoms with Crippen molar-refractivity contribution in [2.75, 3.05) is 13.2 Å². The molecule has 1 aliphatic heterocycles. The molecule has 0 aliphatic carbocycles. The third kappa shape index (κ3) is 2.29.